The van der Waals surface area contributed by atoms with Crippen LogP contribution in [0.15, 0.2) is 0 Å². The molecule has 0 bridgehead atoms. The first-order valence-corrected chi connectivity index (χ1v) is 7.96. The van der Waals surface area contributed by atoms with Gasteiger partial charge in [-0.15, -0.1) is 0 Å². The van der Waals surface area contributed by atoms with Gasteiger partial charge < -0.3 is 24.8 Å². The van der Waals surface area contributed by atoms with E-state index >= 15 is 0 Å². The summed E-state index contributed by atoms with van der Waals surface area (Å²) in [6.45, 7) is 9.87. The summed E-state index contributed by atoms with van der Waals surface area (Å²) in [7, 11) is 0. The summed E-state index contributed by atoms with van der Waals surface area (Å²) >= 11 is 0. The molecule has 2 atom stereocenters. The van der Waals surface area contributed by atoms with Crippen LogP contribution in [0.3, 0.4) is 0 Å². The molecule has 0 saturated heterocycles. The maximum absolute atomic E-state index is 9.54. The number of aliphatic hydroxyl groups is 3. The zero-order valence-electron chi connectivity index (χ0n) is 14.1. The average molecular weight is 306 g/mol. The van der Waals surface area contributed by atoms with Crippen LogP contribution in [0.5, 0.6) is 0 Å². The Kier molecular flexibility index (Phi) is 10.4. The van der Waals surface area contributed by atoms with E-state index in [9.17, 15) is 10.2 Å². The smallest absolute Gasteiger partial charge is 0.100 e. The number of hydrogen-bond donors (Lipinski definition) is 3. The van der Waals surface area contributed by atoms with Crippen molar-refractivity contribution < 1.29 is 24.8 Å². The molecule has 0 fully saturated rings. The summed E-state index contributed by atoms with van der Waals surface area (Å²) in [6, 6.07) is 0. The van der Waals surface area contributed by atoms with Gasteiger partial charge in [0.25, 0.3) is 0 Å². The second kappa shape index (κ2) is 10.5. The van der Waals surface area contributed by atoms with Gasteiger partial charge >= 0.3 is 0 Å². The SMILES string of the molecule is CCC(C)(COCC(O)CO)COCC(CC)(CC)CO. The third-order valence-corrected chi connectivity index (χ3v) is 4.52. The number of ether oxygens (including phenoxy) is 2. The predicted octanol–water partition coefficient (Wildman–Crippen LogP) is 1.59. The molecule has 0 aromatic rings. The lowest BCUT2D eigenvalue weighted by molar-refractivity contribution is -0.0692. The second-order valence-corrected chi connectivity index (χ2v) is 6.37. The second-order valence-electron chi connectivity index (χ2n) is 6.37. The van der Waals surface area contributed by atoms with Gasteiger partial charge in [0.15, 0.2) is 0 Å². The van der Waals surface area contributed by atoms with E-state index in [0.717, 1.165) is 19.3 Å². The van der Waals surface area contributed by atoms with Crippen molar-refractivity contribution in [1.29, 1.82) is 0 Å². The van der Waals surface area contributed by atoms with Crippen molar-refractivity contribution in [3.05, 3.63) is 0 Å². The van der Waals surface area contributed by atoms with Crippen molar-refractivity contribution in [2.75, 3.05) is 39.6 Å². The molecular formula is C16H34O5. The Morgan fingerprint density at radius 1 is 0.905 bits per heavy atom. The lowest BCUT2D eigenvalue weighted by atomic mass is 9.84. The van der Waals surface area contributed by atoms with Crippen LogP contribution in [0.2, 0.25) is 0 Å². The minimum atomic E-state index is -0.825. The lowest BCUT2D eigenvalue weighted by Gasteiger charge is -2.33. The highest BCUT2D eigenvalue weighted by Crippen LogP contribution is 2.28. The van der Waals surface area contributed by atoms with Gasteiger partial charge in [-0.05, 0) is 19.3 Å². The molecule has 0 spiro atoms. The van der Waals surface area contributed by atoms with E-state index in [2.05, 4.69) is 27.7 Å². The Morgan fingerprint density at radius 3 is 1.90 bits per heavy atom. The highest BCUT2D eigenvalue weighted by Gasteiger charge is 2.28. The molecule has 2 unspecified atom stereocenters. The molecule has 0 aliphatic rings. The van der Waals surface area contributed by atoms with Gasteiger partial charge in [-0.2, -0.15) is 0 Å². The molecule has 0 amide bonds. The first-order chi connectivity index (χ1) is 9.90. The van der Waals surface area contributed by atoms with E-state index < -0.39 is 6.10 Å². The largest absolute Gasteiger partial charge is 0.396 e. The molecular weight excluding hydrogens is 272 g/mol. The fraction of sp³-hybridized carbons (Fsp3) is 1.00. The van der Waals surface area contributed by atoms with Gasteiger partial charge in [-0.3, -0.25) is 0 Å². The highest BCUT2D eigenvalue weighted by molar-refractivity contribution is 4.77. The first kappa shape index (κ1) is 20.8. The number of hydrogen-bond acceptors (Lipinski definition) is 5. The van der Waals surface area contributed by atoms with Gasteiger partial charge in [-0.1, -0.05) is 27.7 Å². The third kappa shape index (κ3) is 7.56. The van der Waals surface area contributed by atoms with Crippen molar-refractivity contribution in [2.45, 2.75) is 53.1 Å². The van der Waals surface area contributed by atoms with E-state index in [0.29, 0.717) is 19.8 Å². The summed E-state index contributed by atoms with van der Waals surface area (Å²) in [5, 5.41) is 27.6. The third-order valence-electron chi connectivity index (χ3n) is 4.52. The number of aliphatic hydroxyl groups excluding tert-OH is 3. The Bertz CT molecular complexity index is 247. The molecule has 0 heterocycles. The van der Waals surface area contributed by atoms with Crippen LogP contribution >= 0.6 is 0 Å². The quantitative estimate of drug-likeness (QED) is 0.481. The Balaban J connectivity index is 4.23. The summed E-state index contributed by atoms with van der Waals surface area (Å²) in [5.41, 5.74) is -0.277. The van der Waals surface area contributed by atoms with Gasteiger partial charge in [0.1, 0.15) is 6.10 Å². The van der Waals surface area contributed by atoms with Crippen LogP contribution < -0.4 is 0 Å². The molecule has 5 heteroatoms. The lowest BCUT2D eigenvalue weighted by Crippen LogP contribution is -2.35. The molecule has 0 rings (SSSR count). The molecule has 128 valence electrons. The monoisotopic (exact) mass is 306 g/mol. The highest BCUT2D eigenvalue weighted by atomic mass is 16.5. The predicted molar refractivity (Wildman–Crippen MR) is 83.2 cm³/mol. The molecule has 3 N–H and O–H groups in total. The normalized spacial score (nSPS) is 16.7. The van der Waals surface area contributed by atoms with Gasteiger partial charge in [-0.25, -0.2) is 0 Å². The van der Waals surface area contributed by atoms with Gasteiger partial charge in [0.05, 0.1) is 39.6 Å². The van der Waals surface area contributed by atoms with Crippen molar-refractivity contribution in [3.8, 4) is 0 Å². The minimum absolute atomic E-state index is 0.127. The molecule has 0 aliphatic heterocycles. The van der Waals surface area contributed by atoms with Crippen LogP contribution in [-0.4, -0.2) is 61.1 Å². The van der Waals surface area contributed by atoms with E-state index in [-0.39, 0.29) is 30.7 Å². The van der Waals surface area contributed by atoms with E-state index in [1.807, 2.05) is 0 Å². The summed E-state index contributed by atoms with van der Waals surface area (Å²) in [4.78, 5) is 0. The van der Waals surface area contributed by atoms with Gasteiger partial charge in [0.2, 0.25) is 0 Å². The van der Waals surface area contributed by atoms with Crippen LogP contribution in [-0.2, 0) is 9.47 Å². The first-order valence-electron chi connectivity index (χ1n) is 7.96. The maximum Gasteiger partial charge on any atom is 0.100 e. The van der Waals surface area contributed by atoms with Gasteiger partial charge in [0, 0.05) is 10.8 Å². The van der Waals surface area contributed by atoms with Crippen molar-refractivity contribution in [2.24, 2.45) is 10.8 Å². The van der Waals surface area contributed by atoms with E-state index in [1.54, 1.807) is 0 Å². The Hall–Kier alpha value is -0.200. The van der Waals surface area contributed by atoms with Crippen LogP contribution in [0.4, 0.5) is 0 Å². The topological polar surface area (TPSA) is 79.2 Å². The fourth-order valence-electron chi connectivity index (χ4n) is 1.98. The van der Waals surface area contributed by atoms with E-state index in [1.165, 1.54) is 0 Å². The van der Waals surface area contributed by atoms with Crippen molar-refractivity contribution >= 4 is 0 Å². The molecule has 0 aromatic carbocycles. The number of rotatable bonds is 13. The fourth-order valence-corrected chi connectivity index (χ4v) is 1.98. The van der Waals surface area contributed by atoms with Crippen LogP contribution in [0, 0.1) is 10.8 Å². The van der Waals surface area contributed by atoms with Crippen molar-refractivity contribution in [3.63, 3.8) is 0 Å². The molecule has 0 radical (unpaired) electrons. The molecule has 0 saturated carbocycles. The van der Waals surface area contributed by atoms with Crippen molar-refractivity contribution in [1.82, 2.24) is 0 Å². The standard InChI is InChI=1S/C16H34O5/c1-5-15(4,11-20-9-14(19)8-17)12-21-13-16(6-2,7-3)10-18/h14,17-19H,5-13H2,1-4H3. The Morgan fingerprint density at radius 2 is 1.48 bits per heavy atom. The summed E-state index contributed by atoms with van der Waals surface area (Å²) < 4.78 is 11.3. The van der Waals surface area contributed by atoms with E-state index in [4.69, 9.17) is 14.6 Å². The average Bonchev–Trinajstić information content (AvgIpc) is 2.52. The minimum Gasteiger partial charge on any atom is -0.396 e. The van der Waals surface area contributed by atoms with Crippen LogP contribution in [0.1, 0.15) is 47.0 Å². The van der Waals surface area contributed by atoms with Crippen LogP contribution in [0.25, 0.3) is 0 Å². The molecule has 0 aliphatic carbocycles. The zero-order chi connectivity index (χ0) is 16.4. The molecule has 0 aromatic heterocycles. The summed E-state index contributed by atoms with van der Waals surface area (Å²) in [6.07, 6.45) is 1.85. The summed E-state index contributed by atoms with van der Waals surface area (Å²) in [5.74, 6) is 0. The molecule has 21 heavy (non-hydrogen) atoms. The Labute approximate surface area is 129 Å². The maximum atomic E-state index is 9.54. The molecule has 5 nitrogen and oxygen atoms in total. The zero-order valence-corrected chi connectivity index (χ0v) is 14.1.